The Kier molecular flexibility index (Phi) is 5.81. The summed E-state index contributed by atoms with van der Waals surface area (Å²) in [4.78, 5) is 0. The second kappa shape index (κ2) is 6.14. The average Bonchev–Trinajstić information content (AvgIpc) is 2.09. The summed E-state index contributed by atoms with van der Waals surface area (Å²) in [5.74, 6) is 0.0833. The van der Waals surface area contributed by atoms with Crippen molar-refractivity contribution in [2.24, 2.45) is 0 Å². The van der Waals surface area contributed by atoms with Crippen molar-refractivity contribution in [1.82, 2.24) is 0 Å². The van der Waals surface area contributed by atoms with Crippen molar-refractivity contribution in [3.63, 3.8) is 0 Å². The zero-order chi connectivity index (χ0) is 8.69. The van der Waals surface area contributed by atoms with Gasteiger partial charge in [0.25, 0.3) is 0 Å². The van der Waals surface area contributed by atoms with Gasteiger partial charge in [0.2, 0.25) is 0 Å². The molecule has 0 unspecified atom stereocenters. The highest BCUT2D eigenvalue weighted by Crippen LogP contribution is 2.21. The van der Waals surface area contributed by atoms with E-state index in [1.165, 1.54) is 0 Å². The second-order valence-corrected chi connectivity index (χ2v) is 2.22. The molecule has 0 aliphatic heterocycles. The van der Waals surface area contributed by atoms with Crippen molar-refractivity contribution >= 4 is 0 Å². The van der Waals surface area contributed by atoms with Crippen molar-refractivity contribution < 1.29 is 4.39 Å². The predicted octanol–water partition coefficient (Wildman–Crippen LogP) is 4.00. The molecule has 0 aromatic heterocycles. The Balaban J connectivity index is 0.000000461. The molecule has 0 aromatic carbocycles. The van der Waals surface area contributed by atoms with E-state index in [1.807, 2.05) is 32.9 Å². The molecule has 1 heteroatoms. The Morgan fingerprint density at radius 2 is 2.09 bits per heavy atom. The molecule has 1 rings (SSSR count). The molecule has 1 aliphatic carbocycles. The summed E-state index contributed by atoms with van der Waals surface area (Å²) in [5, 5.41) is 0. The van der Waals surface area contributed by atoms with Crippen LogP contribution < -0.4 is 0 Å². The minimum Gasteiger partial charge on any atom is -0.212 e. The van der Waals surface area contributed by atoms with Crippen LogP contribution in [0.15, 0.2) is 23.6 Å². The molecular weight excluding hydrogens is 139 g/mol. The van der Waals surface area contributed by atoms with Crippen molar-refractivity contribution in [2.75, 3.05) is 0 Å². The van der Waals surface area contributed by atoms with Crippen LogP contribution in [0.25, 0.3) is 0 Å². The normalized spacial score (nSPS) is 16.0. The summed E-state index contributed by atoms with van der Waals surface area (Å²) in [7, 11) is 0. The number of halogens is 1. The maximum Gasteiger partial charge on any atom is 0.103 e. The minimum absolute atomic E-state index is 0.0833. The summed E-state index contributed by atoms with van der Waals surface area (Å²) < 4.78 is 12.7. The van der Waals surface area contributed by atoms with Gasteiger partial charge in [-0.15, -0.1) is 0 Å². The van der Waals surface area contributed by atoms with Crippen LogP contribution in [-0.4, -0.2) is 0 Å². The van der Waals surface area contributed by atoms with Crippen molar-refractivity contribution in [3.05, 3.63) is 23.6 Å². The van der Waals surface area contributed by atoms with Crippen LogP contribution in [0.2, 0.25) is 0 Å². The zero-order valence-corrected chi connectivity index (χ0v) is 7.65. The fourth-order valence-corrected chi connectivity index (χ4v) is 0.996. The lowest BCUT2D eigenvalue weighted by molar-refractivity contribution is 0.573. The van der Waals surface area contributed by atoms with Gasteiger partial charge in [-0.2, -0.15) is 0 Å². The molecule has 0 bridgehead atoms. The Labute approximate surface area is 68.8 Å². The largest absolute Gasteiger partial charge is 0.212 e. The minimum atomic E-state index is 0.0833. The highest BCUT2D eigenvalue weighted by Gasteiger charge is 2.03. The lowest BCUT2D eigenvalue weighted by atomic mass is 10.0. The first-order valence-electron chi connectivity index (χ1n) is 4.38. The molecule has 0 spiro atoms. The maximum atomic E-state index is 12.7. The molecule has 64 valence electrons. The quantitative estimate of drug-likeness (QED) is 0.538. The lowest BCUT2D eigenvalue weighted by Gasteiger charge is -2.05. The molecule has 0 heterocycles. The number of hydrogen-bond acceptors (Lipinski definition) is 0. The molecular formula is C10H17F. The zero-order valence-electron chi connectivity index (χ0n) is 7.65. The summed E-state index contributed by atoms with van der Waals surface area (Å²) in [6.07, 6.45) is 6.22. The fraction of sp³-hybridized carbons (Fsp3) is 0.600. The second-order valence-electron chi connectivity index (χ2n) is 2.22. The van der Waals surface area contributed by atoms with Crippen LogP contribution in [0.3, 0.4) is 0 Å². The molecule has 1 aliphatic rings. The number of hydrogen-bond donors (Lipinski definition) is 0. The van der Waals surface area contributed by atoms with Gasteiger partial charge < -0.3 is 0 Å². The van der Waals surface area contributed by atoms with Crippen LogP contribution in [0.5, 0.6) is 0 Å². The van der Waals surface area contributed by atoms with E-state index in [1.54, 1.807) is 0 Å². The molecule has 0 radical (unpaired) electrons. The third kappa shape index (κ3) is 3.35. The molecule has 0 aromatic rings. The van der Waals surface area contributed by atoms with Crippen LogP contribution in [0, 0.1) is 0 Å². The van der Waals surface area contributed by atoms with Gasteiger partial charge in [-0.05, 0) is 18.4 Å². The van der Waals surface area contributed by atoms with Crippen LogP contribution >= 0.6 is 0 Å². The van der Waals surface area contributed by atoms with Gasteiger partial charge in [-0.25, -0.2) is 4.39 Å². The summed E-state index contributed by atoms with van der Waals surface area (Å²) in [6, 6.07) is 0. The molecule has 0 atom stereocenters. The SMILES string of the molecule is CC.CCC1=C(F)CCC=C1. The standard InChI is InChI=1S/C8H11F.C2H6/c1-2-7-5-3-4-6-8(7)9;1-2/h3,5H,2,4,6H2,1H3;1-2H3. The smallest absolute Gasteiger partial charge is 0.103 e. The molecule has 0 N–H and O–H groups in total. The van der Waals surface area contributed by atoms with Gasteiger partial charge in [0.05, 0.1) is 0 Å². The first-order valence-corrected chi connectivity index (χ1v) is 4.38. The van der Waals surface area contributed by atoms with Crippen molar-refractivity contribution in [2.45, 2.75) is 40.0 Å². The van der Waals surface area contributed by atoms with Crippen molar-refractivity contribution in [1.29, 1.82) is 0 Å². The van der Waals surface area contributed by atoms with Crippen LogP contribution in [-0.2, 0) is 0 Å². The van der Waals surface area contributed by atoms with Gasteiger partial charge in [-0.1, -0.05) is 32.9 Å². The van der Waals surface area contributed by atoms with E-state index in [9.17, 15) is 4.39 Å². The molecule has 11 heavy (non-hydrogen) atoms. The van der Waals surface area contributed by atoms with E-state index in [4.69, 9.17) is 0 Å². The molecule has 0 saturated carbocycles. The van der Waals surface area contributed by atoms with Gasteiger partial charge >= 0.3 is 0 Å². The van der Waals surface area contributed by atoms with E-state index in [-0.39, 0.29) is 5.83 Å². The van der Waals surface area contributed by atoms with E-state index in [0.29, 0.717) is 6.42 Å². The Bertz CT molecular complexity index is 154. The summed E-state index contributed by atoms with van der Waals surface area (Å²) in [5.41, 5.74) is 0.876. The highest BCUT2D eigenvalue weighted by molar-refractivity contribution is 5.25. The van der Waals surface area contributed by atoms with E-state index in [2.05, 4.69) is 0 Å². The molecule has 0 fully saturated rings. The number of allylic oxidation sites excluding steroid dienone is 4. The lowest BCUT2D eigenvalue weighted by Crippen LogP contribution is -1.87. The average molecular weight is 156 g/mol. The van der Waals surface area contributed by atoms with Gasteiger partial charge in [0.15, 0.2) is 0 Å². The van der Waals surface area contributed by atoms with Crippen molar-refractivity contribution in [3.8, 4) is 0 Å². The Morgan fingerprint density at radius 3 is 2.45 bits per heavy atom. The third-order valence-electron chi connectivity index (χ3n) is 1.58. The van der Waals surface area contributed by atoms with E-state index < -0.39 is 0 Å². The third-order valence-corrected chi connectivity index (χ3v) is 1.58. The first-order chi connectivity index (χ1) is 5.34. The monoisotopic (exact) mass is 156 g/mol. The molecule has 0 amide bonds. The Hall–Kier alpha value is -0.590. The van der Waals surface area contributed by atoms with Gasteiger partial charge in [0, 0.05) is 6.42 Å². The first kappa shape index (κ1) is 10.4. The van der Waals surface area contributed by atoms with Gasteiger partial charge in [-0.3, -0.25) is 0 Å². The molecule has 0 saturated heterocycles. The van der Waals surface area contributed by atoms with E-state index >= 15 is 0 Å². The summed E-state index contributed by atoms with van der Waals surface area (Å²) >= 11 is 0. The highest BCUT2D eigenvalue weighted by atomic mass is 19.1. The van der Waals surface area contributed by atoms with Crippen LogP contribution in [0.1, 0.15) is 40.0 Å². The number of rotatable bonds is 1. The topological polar surface area (TPSA) is 0 Å². The molecule has 0 nitrogen and oxygen atoms in total. The Morgan fingerprint density at radius 1 is 1.45 bits per heavy atom. The predicted molar refractivity (Wildman–Crippen MR) is 48.1 cm³/mol. The summed E-state index contributed by atoms with van der Waals surface area (Å²) in [6.45, 7) is 5.98. The van der Waals surface area contributed by atoms with Crippen LogP contribution in [0.4, 0.5) is 4.39 Å². The van der Waals surface area contributed by atoms with E-state index in [0.717, 1.165) is 18.4 Å². The fourth-order valence-electron chi connectivity index (χ4n) is 0.996. The maximum absolute atomic E-state index is 12.7. The van der Waals surface area contributed by atoms with Gasteiger partial charge in [0.1, 0.15) is 5.83 Å².